The van der Waals surface area contributed by atoms with Gasteiger partial charge in [0.05, 0.1) is 17.3 Å². The van der Waals surface area contributed by atoms with Gasteiger partial charge >= 0.3 is 0 Å². The summed E-state index contributed by atoms with van der Waals surface area (Å²) < 4.78 is 0. The Bertz CT molecular complexity index is 433. The first-order valence-corrected chi connectivity index (χ1v) is 8.50. The van der Waals surface area contributed by atoms with Gasteiger partial charge in [-0.25, -0.2) is 0 Å². The molecule has 1 aromatic carbocycles. The molecular formula is C17H27ClN2O. The van der Waals surface area contributed by atoms with Crippen molar-refractivity contribution in [2.24, 2.45) is 0 Å². The van der Waals surface area contributed by atoms with Gasteiger partial charge < -0.3 is 15.3 Å². The van der Waals surface area contributed by atoms with E-state index in [-0.39, 0.29) is 6.61 Å². The minimum absolute atomic E-state index is 0.173. The Hall–Kier alpha value is -0.770. The molecule has 0 aromatic heterocycles. The maximum Gasteiger partial charge on any atom is 0.0642 e. The summed E-state index contributed by atoms with van der Waals surface area (Å²) in [5, 5.41) is 13.5. The summed E-state index contributed by atoms with van der Waals surface area (Å²) in [4.78, 5) is 2.29. The Morgan fingerprint density at radius 3 is 2.71 bits per heavy atom. The molecule has 0 bridgehead atoms. The van der Waals surface area contributed by atoms with Gasteiger partial charge in [0, 0.05) is 19.1 Å². The molecule has 1 saturated carbocycles. The Morgan fingerprint density at radius 1 is 1.33 bits per heavy atom. The zero-order valence-corrected chi connectivity index (χ0v) is 13.7. The fraction of sp³-hybridized carbons (Fsp3) is 0.647. The van der Waals surface area contributed by atoms with Gasteiger partial charge in [-0.05, 0) is 43.5 Å². The van der Waals surface area contributed by atoms with Gasteiger partial charge in [0.25, 0.3) is 0 Å². The number of hydrogen-bond donors (Lipinski definition) is 2. The van der Waals surface area contributed by atoms with Crippen molar-refractivity contribution in [3.05, 3.63) is 28.8 Å². The highest BCUT2D eigenvalue weighted by Crippen LogP contribution is 2.33. The summed E-state index contributed by atoms with van der Waals surface area (Å²) in [6.07, 6.45) is 6.11. The molecule has 0 radical (unpaired) electrons. The van der Waals surface area contributed by atoms with E-state index >= 15 is 0 Å². The molecule has 0 atom stereocenters. The van der Waals surface area contributed by atoms with Crippen LogP contribution in [0.4, 0.5) is 5.69 Å². The van der Waals surface area contributed by atoms with Gasteiger partial charge in [-0.3, -0.25) is 0 Å². The predicted molar refractivity (Wildman–Crippen MR) is 90.1 cm³/mol. The lowest BCUT2D eigenvalue weighted by Crippen LogP contribution is -2.35. The van der Waals surface area contributed by atoms with Crippen LogP contribution in [0.2, 0.25) is 5.02 Å². The number of benzene rings is 1. The maximum absolute atomic E-state index is 9.35. The highest BCUT2D eigenvalue weighted by Gasteiger charge is 2.23. The summed E-state index contributed by atoms with van der Waals surface area (Å²) in [5.41, 5.74) is 2.28. The Balaban J connectivity index is 2.09. The van der Waals surface area contributed by atoms with Crippen molar-refractivity contribution in [1.82, 2.24) is 5.32 Å². The second kappa shape index (κ2) is 8.62. The first kappa shape index (κ1) is 16.6. The van der Waals surface area contributed by atoms with Gasteiger partial charge in [-0.2, -0.15) is 0 Å². The van der Waals surface area contributed by atoms with E-state index in [1.807, 2.05) is 0 Å². The average Bonchev–Trinajstić information content (AvgIpc) is 3.00. The topological polar surface area (TPSA) is 35.5 Å². The first-order valence-electron chi connectivity index (χ1n) is 8.13. The molecule has 0 saturated heterocycles. The molecule has 118 valence electrons. The van der Waals surface area contributed by atoms with Crippen LogP contribution < -0.4 is 10.2 Å². The minimum atomic E-state index is 0.173. The van der Waals surface area contributed by atoms with E-state index in [1.165, 1.54) is 31.2 Å². The van der Waals surface area contributed by atoms with E-state index in [2.05, 4.69) is 35.3 Å². The van der Waals surface area contributed by atoms with Crippen LogP contribution in [0.15, 0.2) is 18.2 Å². The summed E-state index contributed by atoms with van der Waals surface area (Å²) in [6, 6.07) is 6.83. The standard InChI is InChI=1S/C17H27ClN2O/c1-2-9-19-13-14-7-8-17(16(18)12-14)20(10-11-21)15-5-3-4-6-15/h7-8,12,15,19,21H,2-6,9-11,13H2,1H3. The molecule has 4 heteroatoms. The van der Waals surface area contributed by atoms with Crippen LogP contribution in [0.3, 0.4) is 0 Å². The van der Waals surface area contributed by atoms with Crippen LogP contribution in [-0.4, -0.2) is 30.8 Å². The van der Waals surface area contributed by atoms with Crippen LogP contribution in [0.5, 0.6) is 0 Å². The van der Waals surface area contributed by atoms with Gasteiger partial charge in [0.2, 0.25) is 0 Å². The van der Waals surface area contributed by atoms with Gasteiger partial charge in [-0.15, -0.1) is 0 Å². The number of nitrogens with zero attached hydrogens (tertiary/aromatic N) is 1. The van der Waals surface area contributed by atoms with E-state index in [4.69, 9.17) is 11.6 Å². The molecule has 1 aliphatic carbocycles. The van der Waals surface area contributed by atoms with Crippen molar-refractivity contribution < 1.29 is 5.11 Å². The SMILES string of the molecule is CCCNCc1ccc(N(CCO)C2CCCC2)c(Cl)c1. The largest absolute Gasteiger partial charge is 0.395 e. The summed E-state index contributed by atoms with van der Waals surface area (Å²) in [6.45, 7) is 4.89. The Morgan fingerprint density at radius 2 is 2.10 bits per heavy atom. The molecule has 3 nitrogen and oxygen atoms in total. The van der Waals surface area contributed by atoms with Crippen LogP contribution in [-0.2, 0) is 6.54 Å². The molecule has 0 spiro atoms. The van der Waals surface area contributed by atoms with Crippen LogP contribution in [0.1, 0.15) is 44.6 Å². The van der Waals surface area contributed by atoms with Gasteiger partial charge in [-0.1, -0.05) is 37.4 Å². The van der Waals surface area contributed by atoms with Crippen molar-refractivity contribution >= 4 is 17.3 Å². The van der Waals surface area contributed by atoms with Crippen LogP contribution >= 0.6 is 11.6 Å². The number of nitrogens with one attached hydrogen (secondary N) is 1. The fourth-order valence-electron chi connectivity index (χ4n) is 3.13. The normalized spacial score (nSPS) is 15.6. The lowest BCUT2D eigenvalue weighted by molar-refractivity contribution is 0.297. The third-order valence-corrected chi connectivity index (χ3v) is 4.49. The van der Waals surface area contributed by atoms with Crippen molar-refractivity contribution in [3.63, 3.8) is 0 Å². The second-order valence-corrected chi connectivity index (χ2v) is 6.23. The Kier molecular flexibility index (Phi) is 6.81. The first-order chi connectivity index (χ1) is 10.3. The number of halogens is 1. The molecule has 2 N–H and O–H groups in total. The molecule has 0 aliphatic heterocycles. The smallest absolute Gasteiger partial charge is 0.0642 e. The van der Waals surface area contributed by atoms with Gasteiger partial charge in [0.15, 0.2) is 0 Å². The van der Waals surface area contributed by atoms with Crippen molar-refractivity contribution in [3.8, 4) is 0 Å². The molecule has 21 heavy (non-hydrogen) atoms. The molecule has 0 heterocycles. The van der Waals surface area contributed by atoms with Crippen LogP contribution in [0.25, 0.3) is 0 Å². The van der Waals surface area contributed by atoms with Crippen molar-refractivity contribution in [2.75, 3.05) is 24.6 Å². The quantitative estimate of drug-likeness (QED) is 0.720. The van der Waals surface area contributed by atoms with E-state index in [0.717, 1.165) is 30.2 Å². The molecule has 1 fully saturated rings. The van der Waals surface area contributed by atoms with E-state index in [9.17, 15) is 5.11 Å². The van der Waals surface area contributed by atoms with Crippen molar-refractivity contribution in [2.45, 2.75) is 51.6 Å². The lowest BCUT2D eigenvalue weighted by atomic mass is 10.1. The summed E-state index contributed by atoms with van der Waals surface area (Å²) in [5.74, 6) is 0. The number of aliphatic hydroxyl groups is 1. The lowest BCUT2D eigenvalue weighted by Gasteiger charge is -2.31. The highest BCUT2D eigenvalue weighted by atomic mass is 35.5. The van der Waals surface area contributed by atoms with Crippen LogP contribution in [0, 0.1) is 0 Å². The second-order valence-electron chi connectivity index (χ2n) is 5.82. The van der Waals surface area contributed by atoms with Crippen molar-refractivity contribution in [1.29, 1.82) is 0 Å². The number of hydrogen-bond acceptors (Lipinski definition) is 3. The number of anilines is 1. The van der Waals surface area contributed by atoms with Gasteiger partial charge in [0.1, 0.15) is 0 Å². The molecule has 0 unspecified atom stereocenters. The molecule has 1 aliphatic rings. The maximum atomic E-state index is 9.35. The van der Waals surface area contributed by atoms with E-state index < -0.39 is 0 Å². The molecule has 2 rings (SSSR count). The molecule has 1 aromatic rings. The zero-order valence-electron chi connectivity index (χ0n) is 12.9. The highest BCUT2D eigenvalue weighted by molar-refractivity contribution is 6.33. The van der Waals surface area contributed by atoms with E-state index in [1.54, 1.807) is 0 Å². The Labute approximate surface area is 133 Å². The molecular weight excluding hydrogens is 284 g/mol. The molecule has 0 amide bonds. The number of aliphatic hydroxyl groups excluding tert-OH is 1. The summed E-state index contributed by atoms with van der Waals surface area (Å²) in [7, 11) is 0. The third-order valence-electron chi connectivity index (χ3n) is 4.18. The monoisotopic (exact) mass is 310 g/mol. The predicted octanol–water partition coefficient (Wildman–Crippen LogP) is 3.58. The fourth-order valence-corrected chi connectivity index (χ4v) is 3.44. The third kappa shape index (κ3) is 4.60. The average molecular weight is 311 g/mol. The number of rotatable bonds is 8. The minimum Gasteiger partial charge on any atom is -0.395 e. The summed E-state index contributed by atoms with van der Waals surface area (Å²) >= 11 is 6.50. The van der Waals surface area contributed by atoms with E-state index in [0.29, 0.717) is 12.6 Å². The zero-order chi connectivity index (χ0) is 15.1.